The van der Waals surface area contributed by atoms with Crippen LogP contribution in [0, 0.1) is 5.92 Å². The summed E-state index contributed by atoms with van der Waals surface area (Å²) >= 11 is 0. The third-order valence-electron chi connectivity index (χ3n) is 5.41. The van der Waals surface area contributed by atoms with Crippen LogP contribution in [0.1, 0.15) is 56.2 Å². The van der Waals surface area contributed by atoms with Crippen LogP contribution >= 0.6 is 0 Å². The Morgan fingerprint density at radius 2 is 2.10 bits per heavy atom. The Labute approximate surface area is 129 Å². The van der Waals surface area contributed by atoms with Crippen LogP contribution in [-0.2, 0) is 6.42 Å². The number of likely N-dealkylation sites (N-methyl/N-ethyl adjacent to an activating group) is 1. The average molecular weight is 286 g/mol. The summed E-state index contributed by atoms with van der Waals surface area (Å²) < 4.78 is 0. The maximum atomic E-state index is 3.71. The Hall–Kier alpha value is -0.860. The fraction of sp³-hybridized carbons (Fsp3) is 0.684. The van der Waals surface area contributed by atoms with Gasteiger partial charge in [-0.3, -0.25) is 0 Å². The molecule has 1 unspecified atom stereocenters. The quantitative estimate of drug-likeness (QED) is 0.910. The molecule has 2 heterocycles. The zero-order valence-corrected chi connectivity index (χ0v) is 13.6. The van der Waals surface area contributed by atoms with Crippen LogP contribution in [-0.4, -0.2) is 31.1 Å². The molecule has 0 radical (unpaired) electrons. The van der Waals surface area contributed by atoms with Gasteiger partial charge in [0.2, 0.25) is 0 Å². The molecule has 3 rings (SSSR count). The molecule has 2 aliphatic heterocycles. The van der Waals surface area contributed by atoms with Crippen molar-refractivity contribution >= 4 is 0 Å². The Morgan fingerprint density at radius 1 is 1.19 bits per heavy atom. The second-order valence-electron chi connectivity index (χ2n) is 7.22. The number of likely N-dealkylation sites (tertiary alicyclic amines) is 1. The van der Waals surface area contributed by atoms with E-state index in [-0.39, 0.29) is 0 Å². The van der Waals surface area contributed by atoms with Gasteiger partial charge in [-0.2, -0.15) is 0 Å². The lowest BCUT2D eigenvalue weighted by molar-refractivity contribution is 0.184. The minimum absolute atomic E-state index is 0.574. The summed E-state index contributed by atoms with van der Waals surface area (Å²) in [5.74, 6) is 0.834. The Morgan fingerprint density at radius 3 is 2.86 bits per heavy atom. The first kappa shape index (κ1) is 15.1. The highest BCUT2D eigenvalue weighted by Crippen LogP contribution is 2.27. The van der Waals surface area contributed by atoms with Gasteiger partial charge in [-0.15, -0.1) is 0 Å². The standard InChI is InChI=1S/C19H30N2/c1-15-9-10-19(20-14-15)17-7-5-6-16(12-17)13-18-8-3-4-11-21(18)2/h5-7,12,15,18-20H,3-4,8-11,13-14H2,1-2H3/t15-,18?,19+/m0/s1. The van der Waals surface area contributed by atoms with E-state index < -0.39 is 0 Å². The predicted octanol–water partition coefficient (Wildman–Crippen LogP) is 3.77. The lowest BCUT2D eigenvalue weighted by Crippen LogP contribution is -2.37. The molecule has 2 nitrogen and oxygen atoms in total. The SMILES string of the molecule is C[C@H]1CC[C@H](c2cccc(CC3CCCCN3C)c2)NC1. The number of nitrogens with one attached hydrogen (secondary N) is 1. The van der Waals surface area contributed by atoms with Gasteiger partial charge >= 0.3 is 0 Å². The van der Waals surface area contributed by atoms with E-state index >= 15 is 0 Å². The second-order valence-corrected chi connectivity index (χ2v) is 7.22. The molecule has 2 heteroatoms. The monoisotopic (exact) mass is 286 g/mol. The van der Waals surface area contributed by atoms with Crippen LogP contribution in [0.3, 0.4) is 0 Å². The van der Waals surface area contributed by atoms with Crippen molar-refractivity contribution in [3.8, 4) is 0 Å². The van der Waals surface area contributed by atoms with Crippen LogP contribution in [0.2, 0.25) is 0 Å². The van der Waals surface area contributed by atoms with Gasteiger partial charge in [0, 0.05) is 12.1 Å². The lowest BCUT2D eigenvalue weighted by atomic mass is 9.90. The van der Waals surface area contributed by atoms with Crippen molar-refractivity contribution in [2.75, 3.05) is 20.1 Å². The zero-order valence-electron chi connectivity index (χ0n) is 13.6. The van der Waals surface area contributed by atoms with Crippen molar-refractivity contribution in [1.82, 2.24) is 10.2 Å². The Kier molecular flexibility index (Phi) is 4.97. The fourth-order valence-corrected chi connectivity index (χ4v) is 3.89. The molecule has 2 fully saturated rings. The van der Waals surface area contributed by atoms with Crippen LogP contribution in [0.15, 0.2) is 24.3 Å². The predicted molar refractivity (Wildman–Crippen MR) is 89.6 cm³/mol. The molecule has 0 aliphatic carbocycles. The number of hydrogen-bond donors (Lipinski definition) is 1. The van der Waals surface area contributed by atoms with Crippen LogP contribution in [0.5, 0.6) is 0 Å². The van der Waals surface area contributed by atoms with Gasteiger partial charge in [-0.25, -0.2) is 0 Å². The Bertz CT molecular complexity index is 449. The summed E-state index contributed by atoms with van der Waals surface area (Å²) in [5, 5.41) is 3.71. The van der Waals surface area contributed by atoms with Crippen LogP contribution in [0.25, 0.3) is 0 Å². The van der Waals surface area contributed by atoms with Crippen molar-refractivity contribution in [3.05, 3.63) is 35.4 Å². The van der Waals surface area contributed by atoms with Gasteiger partial charge in [-0.1, -0.05) is 37.6 Å². The number of hydrogen-bond acceptors (Lipinski definition) is 2. The normalized spacial score (nSPS) is 31.2. The van der Waals surface area contributed by atoms with Crippen LogP contribution < -0.4 is 5.32 Å². The molecule has 0 bridgehead atoms. The molecule has 3 atom stereocenters. The summed E-state index contributed by atoms with van der Waals surface area (Å²) in [6.45, 7) is 4.78. The van der Waals surface area contributed by atoms with Gasteiger partial charge in [0.15, 0.2) is 0 Å². The molecule has 1 N–H and O–H groups in total. The first-order valence-electron chi connectivity index (χ1n) is 8.75. The van der Waals surface area contributed by atoms with E-state index in [0.29, 0.717) is 6.04 Å². The summed E-state index contributed by atoms with van der Waals surface area (Å²) in [4.78, 5) is 2.55. The van der Waals surface area contributed by atoms with Crippen LogP contribution in [0.4, 0.5) is 0 Å². The number of piperidine rings is 2. The molecule has 2 saturated heterocycles. The summed E-state index contributed by atoms with van der Waals surface area (Å²) in [6, 6.07) is 10.7. The lowest BCUT2D eigenvalue weighted by Gasteiger charge is -2.33. The van der Waals surface area contributed by atoms with Crippen molar-refractivity contribution < 1.29 is 0 Å². The fourth-order valence-electron chi connectivity index (χ4n) is 3.89. The molecular formula is C19H30N2. The molecular weight excluding hydrogens is 256 g/mol. The molecule has 1 aromatic rings. The third-order valence-corrected chi connectivity index (χ3v) is 5.41. The van der Waals surface area contributed by atoms with E-state index in [2.05, 4.69) is 48.5 Å². The highest BCUT2D eigenvalue weighted by molar-refractivity contribution is 5.27. The van der Waals surface area contributed by atoms with Gasteiger partial charge in [0.05, 0.1) is 0 Å². The van der Waals surface area contributed by atoms with Crippen molar-refractivity contribution in [2.24, 2.45) is 5.92 Å². The Balaban J connectivity index is 1.65. The van der Waals surface area contributed by atoms with Crippen molar-refractivity contribution in [3.63, 3.8) is 0 Å². The van der Waals surface area contributed by atoms with Gasteiger partial charge in [0.25, 0.3) is 0 Å². The van der Waals surface area contributed by atoms with Gasteiger partial charge < -0.3 is 10.2 Å². The molecule has 0 spiro atoms. The highest BCUT2D eigenvalue weighted by Gasteiger charge is 2.21. The molecule has 1 aromatic carbocycles. The average Bonchev–Trinajstić information content (AvgIpc) is 2.51. The molecule has 0 saturated carbocycles. The van der Waals surface area contributed by atoms with E-state index in [1.54, 1.807) is 0 Å². The number of benzene rings is 1. The summed E-state index contributed by atoms with van der Waals surface area (Å²) in [5.41, 5.74) is 3.02. The molecule has 116 valence electrons. The first-order valence-corrected chi connectivity index (χ1v) is 8.75. The topological polar surface area (TPSA) is 15.3 Å². The second kappa shape index (κ2) is 6.93. The van der Waals surface area contributed by atoms with Gasteiger partial charge in [0.1, 0.15) is 0 Å². The minimum atomic E-state index is 0.574. The minimum Gasteiger partial charge on any atom is -0.310 e. The number of nitrogens with zero attached hydrogens (tertiary/aromatic N) is 1. The van der Waals surface area contributed by atoms with Gasteiger partial charge in [-0.05, 0) is 69.3 Å². The van der Waals surface area contributed by atoms with E-state index in [4.69, 9.17) is 0 Å². The third kappa shape index (κ3) is 3.87. The largest absolute Gasteiger partial charge is 0.310 e. The van der Waals surface area contributed by atoms with E-state index in [9.17, 15) is 0 Å². The number of rotatable bonds is 3. The molecule has 2 aliphatic rings. The first-order chi connectivity index (χ1) is 10.2. The molecule has 0 amide bonds. The maximum Gasteiger partial charge on any atom is 0.0320 e. The summed E-state index contributed by atoms with van der Waals surface area (Å²) in [6.07, 6.45) is 7.99. The van der Waals surface area contributed by atoms with E-state index in [0.717, 1.165) is 12.0 Å². The van der Waals surface area contributed by atoms with Crippen molar-refractivity contribution in [2.45, 2.75) is 57.5 Å². The zero-order chi connectivity index (χ0) is 14.7. The molecule has 21 heavy (non-hydrogen) atoms. The van der Waals surface area contributed by atoms with Crippen molar-refractivity contribution in [1.29, 1.82) is 0 Å². The summed E-state index contributed by atoms with van der Waals surface area (Å²) in [7, 11) is 2.29. The maximum absolute atomic E-state index is 3.71. The van der Waals surface area contributed by atoms with E-state index in [1.807, 2.05) is 0 Å². The highest BCUT2D eigenvalue weighted by atomic mass is 15.1. The smallest absolute Gasteiger partial charge is 0.0320 e. The van der Waals surface area contributed by atoms with E-state index in [1.165, 1.54) is 62.7 Å². The molecule has 0 aromatic heterocycles.